The number of pyridine rings is 1. The predicted molar refractivity (Wildman–Crippen MR) is 92.1 cm³/mol. The first-order valence-electron chi connectivity index (χ1n) is 6.20. The third-order valence-electron chi connectivity index (χ3n) is 2.85. The Morgan fingerprint density at radius 1 is 1.24 bits per heavy atom. The minimum atomic E-state index is -0.114. The number of benzene rings is 1. The number of halogens is 3. The SMILES string of the molecule is CNCCCNC(=O)c1ccc(Cl)c2cccnc12.Cl.Cl. The van der Waals surface area contributed by atoms with Gasteiger partial charge in [0, 0.05) is 18.1 Å². The summed E-state index contributed by atoms with van der Waals surface area (Å²) < 4.78 is 0. The van der Waals surface area contributed by atoms with E-state index in [1.165, 1.54) is 0 Å². The van der Waals surface area contributed by atoms with Crippen LogP contribution in [0.15, 0.2) is 30.5 Å². The number of hydrogen-bond donors (Lipinski definition) is 2. The van der Waals surface area contributed by atoms with Gasteiger partial charge in [-0.1, -0.05) is 11.6 Å². The van der Waals surface area contributed by atoms with Crippen LogP contribution in [-0.2, 0) is 0 Å². The fourth-order valence-corrected chi connectivity index (χ4v) is 2.10. The first-order chi connectivity index (χ1) is 9.24. The fourth-order valence-electron chi connectivity index (χ4n) is 1.88. The molecule has 1 aromatic heterocycles. The van der Waals surface area contributed by atoms with Crippen LogP contribution in [0.3, 0.4) is 0 Å². The van der Waals surface area contributed by atoms with Crippen molar-refractivity contribution in [2.75, 3.05) is 20.1 Å². The molecule has 21 heavy (non-hydrogen) atoms. The predicted octanol–water partition coefficient (Wildman–Crippen LogP) is 3.07. The van der Waals surface area contributed by atoms with E-state index in [2.05, 4.69) is 15.6 Å². The van der Waals surface area contributed by atoms with Crippen LogP contribution in [0.25, 0.3) is 10.9 Å². The summed E-state index contributed by atoms with van der Waals surface area (Å²) in [7, 11) is 1.89. The van der Waals surface area contributed by atoms with Crippen LogP contribution in [-0.4, -0.2) is 31.0 Å². The van der Waals surface area contributed by atoms with E-state index >= 15 is 0 Å². The molecule has 0 saturated carbocycles. The highest BCUT2D eigenvalue weighted by molar-refractivity contribution is 6.36. The first-order valence-corrected chi connectivity index (χ1v) is 6.58. The number of carbonyl (C=O) groups excluding carboxylic acids is 1. The number of nitrogens with one attached hydrogen (secondary N) is 2. The Kier molecular flexibility index (Phi) is 9.29. The average molecular weight is 351 g/mol. The van der Waals surface area contributed by atoms with Gasteiger partial charge < -0.3 is 10.6 Å². The van der Waals surface area contributed by atoms with Gasteiger partial charge in [0.1, 0.15) is 0 Å². The van der Waals surface area contributed by atoms with Crippen molar-refractivity contribution >= 4 is 53.2 Å². The number of aromatic nitrogens is 1. The standard InChI is InChI=1S/C14H16ClN3O.2ClH/c1-16-7-3-9-18-14(19)11-5-6-12(15)10-4-2-8-17-13(10)11;;/h2,4-6,8,16H,3,7,9H2,1H3,(H,18,19);2*1H. The molecule has 7 heteroatoms. The van der Waals surface area contributed by atoms with E-state index in [-0.39, 0.29) is 30.7 Å². The van der Waals surface area contributed by atoms with Gasteiger partial charge in [0.25, 0.3) is 5.91 Å². The molecular formula is C14H18Cl3N3O. The summed E-state index contributed by atoms with van der Waals surface area (Å²) in [5, 5.41) is 7.33. The molecule has 2 rings (SSSR count). The van der Waals surface area contributed by atoms with E-state index in [1.54, 1.807) is 18.3 Å². The van der Waals surface area contributed by atoms with E-state index in [4.69, 9.17) is 11.6 Å². The lowest BCUT2D eigenvalue weighted by Gasteiger charge is -2.08. The highest BCUT2D eigenvalue weighted by Gasteiger charge is 2.12. The Labute approximate surface area is 141 Å². The summed E-state index contributed by atoms with van der Waals surface area (Å²) >= 11 is 6.10. The number of rotatable bonds is 5. The third-order valence-corrected chi connectivity index (χ3v) is 3.18. The van der Waals surface area contributed by atoms with Gasteiger partial charge >= 0.3 is 0 Å². The lowest BCUT2D eigenvalue weighted by molar-refractivity contribution is 0.0955. The molecule has 0 spiro atoms. The number of nitrogens with zero attached hydrogens (tertiary/aromatic N) is 1. The van der Waals surface area contributed by atoms with Crippen LogP contribution in [0.1, 0.15) is 16.8 Å². The minimum absolute atomic E-state index is 0. The summed E-state index contributed by atoms with van der Waals surface area (Å²) in [6.07, 6.45) is 2.55. The van der Waals surface area contributed by atoms with E-state index < -0.39 is 0 Å². The monoisotopic (exact) mass is 349 g/mol. The van der Waals surface area contributed by atoms with Crippen molar-refractivity contribution in [3.05, 3.63) is 41.0 Å². The normalized spacial score (nSPS) is 9.62. The van der Waals surface area contributed by atoms with Crippen LogP contribution in [0.5, 0.6) is 0 Å². The molecule has 1 aromatic carbocycles. The summed E-state index contributed by atoms with van der Waals surface area (Å²) in [5.74, 6) is -0.114. The summed E-state index contributed by atoms with van der Waals surface area (Å²) in [6.45, 7) is 1.51. The Bertz CT molecular complexity index is 593. The van der Waals surface area contributed by atoms with E-state index in [9.17, 15) is 4.79 Å². The van der Waals surface area contributed by atoms with Crippen molar-refractivity contribution < 1.29 is 4.79 Å². The van der Waals surface area contributed by atoms with Crippen molar-refractivity contribution in [3.63, 3.8) is 0 Å². The molecule has 1 amide bonds. The van der Waals surface area contributed by atoms with Gasteiger partial charge in [-0.2, -0.15) is 0 Å². The van der Waals surface area contributed by atoms with Gasteiger partial charge in [-0.15, -0.1) is 24.8 Å². The van der Waals surface area contributed by atoms with Crippen LogP contribution >= 0.6 is 36.4 Å². The molecule has 116 valence electrons. The van der Waals surface area contributed by atoms with Crippen molar-refractivity contribution in [2.24, 2.45) is 0 Å². The quantitative estimate of drug-likeness (QED) is 0.815. The van der Waals surface area contributed by atoms with Gasteiger partial charge in [0.05, 0.1) is 16.1 Å². The molecule has 0 aliphatic heterocycles. The largest absolute Gasteiger partial charge is 0.352 e. The molecule has 0 saturated heterocycles. The maximum atomic E-state index is 12.1. The summed E-state index contributed by atoms with van der Waals surface area (Å²) in [5.41, 5.74) is 1.20. The number of fused-ring (bicyclic) bond motifs is 1. The molecule has 2 aromatic rings. The summed E-state index contributed by atoms with van der Waals surface area (Å²) in [6, 6.07) is 7.12. The van der Waals surface area contributed by atoms with E-state index in [0.29, 0.717) is 22.6 Å². The van der Waals surface area contributed by atoms with Crippen LogP contribution in [0.2, 0.25) is 5.02 Å². The Balaban J connectivity index is 0.00000200. The highest BCUT2D eigenvalue weighted by Crippen LogP contribution is 2.24. The Morgan fingerprint density at radius 3 is 2.71 bits per heavy atom. The van der Waals surface area contributed by atoms with Gasteiger partial charge in [0.15, 0.2) is 0 Å². The van der Waals surface area contributed by atoms with Crippen LogP contribution in [0.4, 0.5) is 0 Å². The zero-order valence-electron chi connectivity index (χ0n) is 11.6. The average Bonchev–Trinajstić information content (AvgIpc) is 2.44. The maximum absolute atomic E-state index is 12.1. The molecule has 2 N–H and O–H groups in total. The van der Waals surface area contributed by atoms with Gasteiger partial charge in [-0.05, 0) is 44.3 Å². The van der Waals surface area contributed by atoms with E-state index in [1.807, 2.05) is 19.2 Å². The minimum Gasteiger partial charge on any atom is -0.352 e. The second-order valence-electron chi connectivity index (χ2n) is 4.21. The molecule has 0 radical (unpaired) electrons. The molecule has 4 nitrogen and oxygen atoms in total. The topological polar surface area (TPSA) is 54.0 Å². The maximum Gasteiger partial charge on any atom is 0.253 e. The molecule has 0 fully saturated rings. The molecular weight excluding hydrogens is 333 g/mol. The third kappa shape index (κ3) is 5.00. The number of amides is 1. The van der Waals surface area contributed by atoms with Crippen molar-refractivity contribution in [3.8, 4) is 0 Å². The number of hydrogen-bond acceptors (Lipinski definition) is 3. The second-order valence-corrected chi connectivity index (χ2v) is 4.61. The van der Waals surface area contributed by atoms with Crippen molar-refractivity contribution in [1.29, 1.82) is 0 Å². The fraction of sp³-hybridized carbons (Fsp3) is 0.286. The zero-order chi connectivity index (χ0) is 13.7. The summed E-state index contributed by atoms with van der Waals surface area (Å²) in [4.78, 5) is 16.4. The molecule has 0 unspecified atom stereocenters. The van der Waals surface area contributed by atoms with Crippen LogP contribution in [0, 0.1) is 0 Å². The molecule has 0 atom stereocenters. The second kappa shape index (κ2) is 9.79. The van der Waals surface area contributed by atoms with Crippen LogP contribution < -0.4 is 10.6 Å². The van der Waals surface area contributed by atoms with Gasteiger partial charge in [-0.3, -0.25) is 9.78 Å². The molecule has 0 bridgehead atoms. The number of carbonyl (C=O) groups is 1. The molecule has 0 aliphatic carbocycles. The van der Waals surface area contributed by atoms with Crippen molar-refractivity contribution in [1.82, 2.24) is 15.6 Å². The van der Waals surface area contributed by atoms with Gasteiger partial charge in [0.2, 0.25) is 0 Å². The Hall–Kier alpha value is -1.07. The molecule has 1 heterocycles. The zero-order valence-corrected chi connectivity index (χ0v) is 13.9. The lowest BCUT2D eigenvalue weighted by atomic mass is 10.1. The lowest BCUT2D eigenvalue weighted by Crippen LogP contribution is -2.26. The highest BCUT2D eigenvalue weighted by atomic mass is 35.5. The Morgan fingerprint density at radius 2 is 2.00 bits per heavy atom. The smallest absolute Gasteiger partial charge is 0.253 e. The molecule has 0 aliphatic rings. The first kappa shape index (κ1) is 19.9. The van der Waals surface area contributed by atoms with E-state index in [0.717, 1.165) is 18.4 Å². The van der Waals surface area contributed by atoms with Crippen molar-refractivity contribution in [2.45, 2.75) is 6.42 Å². The van der Waals surface area contributed by atoms with Gasteiger partial charge in [-0.25, -0.2) is 0 Å².